The summed E-state index contributed by atoms with van der Waals surface area (Å²) in [7, 11) is 0. The average molecular weight is 465 g/mol. The largest absolute Gasteiger partial charge is 0.463 e. The van der Waals surface area contributed by atoms with Gasteiger partial charge in [0.1, 0.15) is 18.5 Å². The van der Waals surface area contributed by atoms with Crippen molar-refractivity contribution in [2.45, 2.75) is 58.3 Å². The molecule has 1 aromatic heterocycles. The van der Waals surface area contributed by atoms with E-state index in [1.807, 2.05) is 0 Å². The first-order valence-corrected chi connectivity index (χ1v) is 10.1. The van der Waals surface area contributed by atoms with Crippen molar-refractivity contribution in [1.82, 2.24) is 4.57 Å². The summed E-state index contributed by atoms with van der Waals surface area (Å²) in [5.74, 6) is -3.26. The van der Waals surface area contributed by atoms with Gasteiger partial charge >= 0.3 is 23.9 Å². The SMILES string of the molecule is CC(=O)OC[C@H]1O[C@@H](n2ccc3c(F)cccc32)[C@H](OC(C)=O)[C@@H](OC(C)=O)[C@@H]1OC(C)=O. The number of nitrogens with zero attached hydrogens (tertiary/aromatic N) is 1. The minimum absolute atomic E-state index is 0.283. The Labute approximate surface area is 188 Å². The van der Waals surface area contributed by atoms with Crippen LogP contribution < -0.4 is 0 Å². The number of ether oxygens (including phenoxy) is 5. The third kappa shape index (κ3) is 5.48. The number of hydrogen-bond donors (Lipinski definition) is 0. The van der Waals surface area contributed by atoms with E-state index in [1.165, 1.54) is 35.9 Å². The maximum atomic E-state index is 14.3. The molecule has 11 heteroatoms. The summed E-state index contributed by atoms with van der Waals surface area (Å²) in [6.07, 6.45) is -4.54. The van der Waals surface area contributed by atoms with E-state index in [0.717, 1.165) is 20.8 Å². The molecule has 1 aliphatic heterocycles. The molecule has 178 valence electrons. The lowest BCUT2D eigenvalue weighted by Gasteiger charge is -2.44. The summed E-state index contributed by atoms with van der Waals surface area (Å²) in [6, 6.07) is 5.94. The fourth-order valence-corrected chi connectivity index (χ4v) is 3.80. The molecule has 0 amide bonds. The first-order valence-electron chi connectivity index (χ1n) is 10.1. The number of hydrogen-bond acceptors (Lipinski definition) is 9. The Hall–Kier alpha value is -3.47. The predicted octanol–water partition coefficient (Wildman–Crippen LogP) is 2.04. The Morgan fingerprint density at radius 2 is 1.48 bits per heavy atom. The van der Waals surface area contributed by atoms with Crippen LogP contribution in [-0.4, -0.2) is 59.5 Å². The molecule has 0 bridgehead atoms. The van der Waals surface area contributed by atoms with Crippen molar-refractivity contribution in [2.24, 2.45) is 0 Å². The Balaban J connectivity index is 2.13. The molecule has 0 radical (unpaired) electrons. The lowest BCUT2D eigenvalue weighted by atomic mass is 9.97. The van der Waals surface area contributed by atoms with Gasteiger partial charge in [-0.15, -0.1) is 0 Å². The summed E-state index contributed by atoms with van der Waals surface area (Å²) in [6.45, 7) is 4.28. The van der Waals surface area contributed by atoms with E-state index in [2.05, 4.69) is 0 Å². The van der Waals surface area contributed by atoms with Crippen molar-refractivity contribution in [2.75, 3.05) is 6.61 Å². The van der Waals surface area contributed by atoms with E-state index in [4.69, 9.17) is 23.7 Å². The third-order valence-corrected chi connectivity index (χ3v) is 4.95. The van der Waals surface area contributed by atoms with Gasteiger partial charge in [-0.05, 0) is 18.2 Å². The number of aromatic nitrogens is 1. The number of halogens is 1. The van der Waals surface area contributed by atoms with E-state index in [1.54, 1.807) is 6.07 Å². The Morgan fingerprint density at radius 1 is 0.879 bits per heavy atom. The molecule has 0 unspecified atom stereocenters. The first kappa shape index (κ1) is 24.2. The Kier molecular flexibility index (Phi) is 7.32. The van der Waals surface area contributed by atoms with Gasteiger partial charge in [-0.2, -0.15) is 0 Å². The van der Waals surface area contributed by atoms with Gasteiger partial charge < -0.3 is 28.3 Å². The fraction of sp³-hybridized carbons (Fsp3) is 0.455. The number of carbonyl (C=O) groups is 4. The van der Waals surface area contributed by atoms with Crippen molar-refractivity contribution in [3.63, 3.8) is 0 Å². The van der Waals surface area contributed by atoms with E-state index < -0.39 is 60.3 Å². The van der Waals surface area contributed by atoms with Crippen LogP contribution in [0.5, 0.6) is 0 Å². The molecule has 33 heavy (non-hydrogen) atoms. The standard InChI is InChI=1S/C22H24FNO9/c1-11(25)29-10-18-19(30-12(2)26)20(31-13(3)27)21(32-14(4)28)22(33-18)24-9-8-15-16(23)6-5-7-17(15)24/h5-9,18-22H,10H2,1-4H3/t18-,19-,20+,21-,22-/m1/s1. The zero-order chi connectivity index (χ0) is 24.3. The molecule has 3 rings (SSSR count). The number of fused-ring (bicyclic) bond motifs is 1. The molecule has 10 nitrogen and oxygen atoms in total. The fourth-order valence-electron chi connectivity index (χ4n) is 3.80. The molecule has 1 aliphatic rings. The van der Waals surface area contributed by atoms with Gasteiger partial charge in [0, 0.05) is 39.3 Å². The monoisotopic (exact) mass is 465 g/mol. The summed E-state index contributed by atoms with van der Waals surface area (Å²) in [5.41, 5.74) is 0.413. The van der Waals surface area contributed by atoms with Crippen LogP contribution in [0.15, 0.2) is 30.5 Å². The van der Waals surface area contributed by atoms with Crippen LogP contribution in [0.25, 0.3) is 10.9 Å². The molecule has 0 spiro atoms. The Morgan fingerprint density at radius 3 is 2.09 bits per heavy atom. The van der Waals surface area contributed by atoms with Crippen molar-refractivity contribution in [3.05, 3.63) is 36.3 Å². The van der Waals surface area contributed by atoms with E-state index in [0.29, 0.717) is 5.52 Å². The first-order chi connectivity index (χ1) is 15.6. The second-order valence-corrected chi connectivity index (χ2v) is 7.49. The van der Waals surface area contributed by atoms with Gasteiger partial charge in [-0.25, -0.2) is 4.39 Å². The quantitative estimate of drug-likeness (QED) is 0.466. The average Bonchev–Trinajstić information content (AvgIpc) is 3.14. The van der Waals surface area contributed by atoms with Crippen LogP contribution in [0.3, 0.4) is 0 Å². The molecule has 2 aromatic rings. The van der Waals surface area contributed by atoms with Gasteiger partial charge in [0.15, 0.2) is 24.5 Å². The molecule has 1 saturated heterocycles. The Bertz CT molecular complexity index is 1070. The van der Waals surface area contributed by atoms with Gasteiger partial charge in [0.05, 0.1) is 5.52 Å². The maximum absolute atomic E-state index is 14.3. The molecule has 0 N–H and O–H groups in total. The van der Waals surface area contributed by atoms with E-state index in [-0.39, 0.29) is 12.0 Å². The summed E-state index contributed by atoms with van der Waals surface area (Å²) >= 11 is 0. The predicted molar refractivity (Wildman–Crippen MR) is 109 cm³/mol. The van der Waals surface area contributed by atoms with Crippen molar-refractivity contribution in [1.29, 1.82) is 0 Å². The van der Waals surface area contributed by atoms with Gasteiger partial charge in [-0.1, -0.05) is 6.07 Å². The molecule has 0 saturated carbocycles. The van der Waals surface area contributed by atoms with Crippen molar-refractivity contribution in [3.8, 4) is 0 Å². The lowest BCUT2D eigenvalue weighted by molar-refractivity contribution is -0.267. The van der Waals surface area contributed by atoms with Crippen LogP contribution in [0, 0.1) is 5.82 Å². The minimum Gasteiger partial charge on any atom is -0.463 e. The highest BCUT2D eigenvalue weighted by Crippen LogP contribution is 2.37. The highest BCUT2D eigenvalue weighted by atomic mass is 19.1. The zero-order valence-corrected chi connectivity index (χ0v) is 18.5. The minimum atomic E-state index is -1.30. The number of rotatable bonds is 6. The molecule has 1 aromatic carbocycles. The molecule has 5 atom stereocenters. The normalized spacial score (nSPS) is 24.7. The highest BCUT2D eigenvalue weighted by Gasteiger charge is 2.53. The highest BCUT2D eigenvalue weighted by molar-refractivity contribution is 5.81. The third-order valence-electron chi connectivity index (χ3n) is 4.95. The molecular formula is C22H24FNO9. The summed E-state index contributed by atoms with van der Waals surface area (Å²) in [5, 5.41) is 0.283. The van der Waals surface area contributed by atoms with Crippen LogP contribution in [0.2, 0.25) is 0 Å². The summed E-state index contributed by atoms with van der Waals surface area (Å²) in [4.78, 5) is 47.1. The number of benzene rings is 1. The van der Waals surface area contributed by atoms with Crippen LogP contribution in [-0.2, 0) is 42.9 Å². The van der Waals surface area contributed by atoms with E-state index >= 15 is 0 Å². The van der Waals surface area contributed by atoms with Crippen molar-refractivity contribution >= 4 is 34.8 Å². The zero-order valence-electron chi connectivity index (χ0n) is 18.5. The van der Waals surface area contributed by atoms with Gasteiger partial charge in [-0.3, -0.25) is 19.2 Å². The van der Waals surface area contributed by atoms with Crippen LogP contribution in [0.1, 0.15) is 33.9 Å². The molecular weight excluding hydrogens is 441 g/mol. The van der Waals surface area contributed by atoms with Crippen molar-refractivity contribution < 1.29 is 47.3 Å². The topological polar surface area (TPSA) is 119 Å². The number of esters is 4. The summed E-state index contributed by atoms with van der Waals surface area (Å²) < 4.78 is 43.2. The van der Waals surface area contributed by atoms with E-state index in [9.17, 15) is 23.6 Å². The van der Waals surface area contributed by atoms with Gasteiger partial charge in [0.2, 0.25) is 0 Å². The van der Waals surface area contributed by atoms with Crippen LogP contribution >= 0.6 is 0 Å². The molecule has 2 heterocycles. The second-order valence-electron chi connectivity index (χ2n) is 7.49. The number of carbonyl (C=O) groups excluding carboxylic acids is 4. The molecule has 0 aliphatic carbocycles. The lowest BCUT2D eigenvalue weighted by Crippen LogP contribution is -2.60. The molecule has 1 fully saturated rings. The van der Waals surface area contributed by atoms with Gasteiger partial charge in [0.25, 0.3) is 0 Å². The van der Waals surface area contributed by atoms with Crippen LogP contribution in [0.4, 0.5) is 4.39 Å². The second kappa shape index (κ2) is 9.99. The maximum Gasteiger partial charge on any atom is 0.303 e. The smallest absolute Gasteiger partial charge is 0.303 e.